The summed E-state index contributed by atoms with van der Waals surface area (Å²) in [5.74, 6) is 0.929. The summed E-state index contributed by atoms with van der Waals surface area (Å²) in [5.41, 5.74) is 0. The predicted molar refractivity (Wildman–Crippen MR) is 54.6 cm³/mol. The molecule has 0 bridgehead atoms. The van der Waals surface area contributed by atoms with Crippen molar-refractivity contribution in [2.24, 2.45) is 0 Å². The fraction of sp³-hybridized carbons (Fsp3) is 0.857. The zero-order valence-electron chi connectivity index (χ0n) is 7.89. The van der Waals surface area contributed by atoms with Crippen molar-refractivity contribution in [2.45, 2.75) is 6.92 Å². The molecule has 0 N–H and O–H groups in total. The minimum atomic E-state index is 0. The third kappa shape index (κ3) is 13.8. The van der Waals surface area contributed by atoms with Crippen LogP contribution in [0.2, 0.25) is 0 Å². The molecule has 0 amide bonds. The van der Waals surface area contributed by atoms with Gasteiger partial charge in [-0.1, -0.05) is 11.8 Å². The van der Waals surface area contributed by atoms with Gasteiger partial charge in [0, 0.05) is 6.92 Å². The van der Waals surface area contributed by atoms with Gasteiger partial charge in [-0.2, -0.15) is 0 Å². The van der Waals surface area contributed by atoms with Crippen LogP contribution in [0.4, 0.5) is 0 Å². The summed E-state index contributed by atoms with van der Waals surface area (Å²) < 4.78 is 0.931. The molecular formula is C7H18NOPbS+. The van der Waals surface area contributed by atoms with E-state index in [0.717, 1.165) is 16.8 Å². The first kappa shape index (κ1) is 14.4. The van der Waals surface area contributed by atoms with Gasteiger partial charge in [-0.05, 0) is 0 Å². The van der Waals surface area contributed by atoms with Crippen molar-refractivity contribution in [3.8, 4) is 0 Å². The topological polar surface area (TPSA) is 17.1 Å². The van der Waals surface area contributed by atoms with E-state index in [2.05, 4.69) is 21.1 Å². The van der Waals surface area contributed by atoms with Gasteiger partial charge in [-0.3, -0.25) is 4.79 Å². The van der Waals surface area contributed by atoms with Gasteiger partial charge in [-0.25, -0.2) is 0 Å². The fourth-order valence-corrected chi connectivity index (χ4v) is 1.39. The first-order valence-corrected chi connectivity index (χ1v) is 4.34. The second-order valence-corrected chi connectivity index (χ2v) is 4.63. The van der Waals surface area contributed by atoms with Crippen LogP contribution in [0.1, 0.15) is 6.92 Å². The summed E-state index contributed by atoms with van der Waals surface area (Å²) >= 11 is 1.40. The summed E-state index contributed by atoms with van der Waals surface area (Å²) in [6.07, 6.45) is 0. The Morgan fingerprint density at radius 2 is 1.82 bits per heavy atom. The molecule has 0 heterocycles. The number of hydrogen-bond donors (Lipinski definition) is 0. The van der Waals surface area contributed by atoms with E-state index < -0.39 is 0 Å². The SMILES string of the molecule is CC(=O)SCC[N+](C)(C)C.[PbH2]. The van der Waals surface area contributed by atoms with Crippen LogP contribution in [0.3, 0.4) is 0 Å². The predicted octanol–water partition coefficient (Wildman–Crippen LogP) is 0.0561. The molecule has 0 saturated carbocycles. The Bertz CT molecular complexity index is 122. The summed E-state index contributed by atoms with van der Waals surface area (Å²) in [7, 11) is 6.38. The zero-order chi connectivity index (χ0) is 8.20. The van der Waals surface area contributed by atoms with Crippen molar-refractivity contribution in [1.29, 1.82) is 0 Å². The van der Waals surface area contributed by atoms with E-state index in [1.54, 1.807) is 6.92 Å². The number of hydrogen-bond acceptors (Lipinski definition) is 2. The van der Waals surface area contributed by atoms with Crippen LogP contribution in [-0.4, -0.2) is 70.3 Å². The molecule has 0 aliphatic carbocycles. The van der Waals surface area contributed by atoms with Crippen LogP contribution in [0.5, 0.6) is 0 Å². The van der Waals surface area contributed by atoms with E-state index >= 15 is 0 Å². The van der Waals surface area contributed by atoms with Crippen LogP contribution >= 0.6 is 11.8 Å². The monoisotopic (exact) mass is 372 g/mol. The Morgan fingerprint density at radius 3 is 2.09 bits per heavy atom. The average Bonchev–Trinajstić information content (AvgIpc) is 1.59. The molecule has 4 heteroatoms. The molecule has 11 heavy (non-hydrogen) atoms. The van der Waals surface area contributed by atoms with Gasteiger partial charge in [0.15, 0.2) is 5.12 Å². The molecule has 0 aliphatic heterocycles. The molecular weight excluding hydrogens is 353 g/mol. The number of quaternary nitrogens is 1. The first-order valence-electron chi connectivity index (χ1n) is 3.35. The van der Waals surface area contributed by atoms with Crippen molar-refractivity contribution in [3.05, 3.63) is 0 Å². The van der Waals surface area contributed by atoms with Crippen molar-refractivity contribution in [3.63, 3.8) is 0 Å². The summed E-state index contributed by atoms with van der Waals surface area (Å²) in [6.45, 7) is 2.66. The third-order valence-electron chi connectivity index (χ3n) is 1.07. The van der Waals surface area contributed by atoms with Gasteiger partial charge in [0.05, 0.1) is 33.4 Å². The molecule has 0 atom stereocenters. The number of carbonyl (C=O) groups excluding carboxylic acids is 1. The van der Waals surface area contributed by atoms with Crippen LogP contribution in [0, 0.1) is 0 Å². The molecule has 66 valence electrons. The van der Waals surface area contributed by atoms with Gasteiger partial charge in [0.1, 0.15) is 0 Å². The molecule has 0 aromatic rings. The zero-order valence-corrected chi connectivity index (χ0v) is 14.2. The van der Waals surface area contributed by atoms with E-state index in [0.29, 0.717) is 0 Å². The van der Waals surface area contributed by atoms with Gasteiger partial charge in [0.25, 0.3) is 0 Å². The maximum absolute atomic E-state index is 10.5. The number of carbonyl (C=O) groups is 1. The van der Waals surface area contributed by atoms with Gasteiger partial charge in [0.2, 0.25) is 0 Å². The van der Waals surface area contributed by atoms with E-state index in [9.17, 15) is 4.79 Å². The van der Waals surface area contributed by atoms with E-state index in [4.69, 9.17) is 0 Å². The van der Waals surface area contributed by atoms with Gasteiger partial charge >= 0.3 is 27.3 Å². The Labute approximate surface area is 93.5 Å². The van der Waals surface area contributed by atoms with E-state index in [1.807, 2.05) is 0 Å². The normalized spacial score (nSPS) is 10.5. The fourth-order valence-electron chi connectivity index (χ4n) is 0.463. The first-order chi connectivity index (χ1) is 4.42. The van der Waals surface area contributed by atoms with Crippen LogP contribution < -0.4 is 0 Å². The second kappa shape index (κ2) is 6.42. The van der Waals surface area contributed by atoms with Crippen molar-refractivity contribution >= 4 is 44.2 Å². The molecule has 2 nitrogen and oxygen atoms in total. The van der Waals surface area contributed by atoms with Crippen LogP contribution in [-0.2, 0) is 4.79 Å². The Hall–Kier alpha value is 0.902. The Kier molecular flexibility index (Phi) is 8.42. The molecule has 0 saturated heterocycles. The molecule has 0 spiro atoms. The van der Waals surface area contributed by atoms with E-state index in [-0.39, 0.29) is 32.4 Å². The number of rotatable bonds is 3. The second-order valence-electron chi connectivity index (χ2n) is 3.35. The Balaban J connectivity index is 0. The molecule has 2 radical (unpaired) electrons. The van der Waals surface area contributed by atoms with Crippen molar-refractivity contribution in [2.75, 3.05) is 33.4 Å². The molecule has 0 aliphatic rings. The quantitative estimate of drug-likeness (QED) is 0.515. The van der Waals surface area contributed by atoms with Gasteiger partial charge < -0.3 is 4.48 Å². The number of thioether (sulfide) groups is 1. The molecule has 0 unspecified atom stereocenters. The molecule has 0 aromatic heterocycles. The molecule has 0 fully saturated rings. The van der Waals surface area contributed by atoms with Crippen molar-refractivity contribution in [1.82, 2.24) is 0 Å². The van der Waals surface area contributed by atoms with Gasteiger partial charge in [-0.15, -0.1) is 0 Å². The molecule has 0 aromatic carbocycles. The summed E-state index contributed by atoms with van der Waals surface area (Å²) in [6, 6.07) is 0. The minimum absolute atomic E-state index is 0. The third-order valence-corrected chi connectivity index (χ3v) is 1.86. The summed E-state index contributed by atoms with van der Waals surface area (Å²) in [4.78, 5) is 10.5. The standard InChI is InChI=1S/C7H16NOS.Pb.2H/c1-7(9)10-6-5-8(2,3)4;;;/h5-6H2,1-4H3;;;/q+1;;;. The van der Waals surface area contributed by atoms with E-state index in [1.165, 1.54) is 11.8 Å². The van der Waals surface area contributed by atoms with Crippen molar-refractivity contribution < 1.29 is 9.28 Å². The Morgan fingerprint density at radius 1 is 1.36 bits per heavy atom. The molecule has 0 rings (SSSR count). The summed E-state index contributed by atoms with van der Waals surface area (Å²) in [5, 5.41) is 0.216. The van der Waals surface area contributed by atoms with Crippen LogP contribution in [0.15, 0.2) is 0 Å². The average molecular weight is 371 g/mol. The van der Waals surface area contributed by atoms with Crippen LogP contribution in [0.25, 0.3) is 0 Å². The number of nitrogens with zero attached hydrogens (tertiary/aromatic N) is 1. The maximum atomic E-state index is 10.5.